The minimum Gasteiger partial charge on any atom is -0.396 e. The fraction of sp³-hybridized carbons (Fsp3) is 0.643. The summed E-state index contributed by atoms with van der Waals surface area (Å²) in [6.45, 7) is 8.06. The number of aliphatic hydroxyl groups is 1. The molecule has 0 aliphatic rings. The van der Waals surface area contributed by atoms with Crippen LogP contribution in [0.25, 0.3) is 0 Å². The van der Waals surface area contributed by atoms with E-state index in [1.807, 2.05) is 13.8 Å². The zero-order chi connectivity index (χ0) is 15.3. The predicted molar refractivity (Wildman–Crippen MR) is 76.5 cm³/mol. The monoisotopic (exact) mass is 281 g/mol. The van der Waals surface area contributed by atoms with Gasteiger partial charge in [-0.25, -0.2) is 4.79 Å². The van der Waals surface area contributed by atoms with E-state index in [0.29, 0.717) is 24.4 Å². The van der Waals surface area contributed by atoms with Gasteiger partial charge in [0.25, 0.3) is 0 Å². The molecule has 0 saturated heterocycles. The first-order chi connectivity index (χ1) is 9.25. The van der Waals surface area contributed by atoms with Gasteiger partial charge < -0.3 is 15.4 Å². The number of nitrogens with one attached hydrogen (secondary N) is 2. The van der Waals surface area contributed by atoms with Crippen molar-refractivity contribution in [1.82, 2.24) is 15.3 Å². The van der Waals surface area contributed by atoms with E-state index in [1.54, 1.807) is 13.8 Å². The van der Waals surface area contributed by atoms with Crippen molar-refractivity contribution in [1.29, 1.82) is 0 Å². The molecule has 1 amide bonds. The number of aromatic nitrogens is 2. The van der Waals surface area contributed by atoms with E-state index in [0.717, 1.165) is 5.56 Å². The molecule has 0 spiro atoms. The Kier molecular flexibility index (Phi) is 5.44. The number of carbonyl (C=O) groups excluding carboxylic acids is 1. The Bertz CT molecular complexity index is 509. The summed E-state index contributed by atoms with van der Waals surface area (Å²) in [5.41, 5.74) is 1.47. The minimum absolute atomic E-state index is 0.102. The predicted octanol–water partition coefficient (Wildman–Crippen LogP) is 0.454. The van der Waals surface area contributed by atoms with Crippen molar-refractivity contribution >= 4 is 5.91 Å². The number of hydrogen-bond donors (Lipinski definition) is 3. The van der Waals surface area contributed by atoms with Gasteiger partial charge in [-0.15, -0.1) is 0 Å². The number of carbonyl (C=O) groups is 1. The number of aryl methyl sites for hydroxylation is 2. The Morgan fingerprint density at radius 1 is 1.40 bits per heavy atom. The van der Waals surface area contributed by atoms with Crippen LogP contribution in [0.5, 0.6) is 0 Å². The average Bonchev–Trinajstić information content (AvgIpc) is 2.31. The van der Waals surface area contributed by atoms with Gasteiger partial charge in [-0.2, -0.15) is 4.98 Å². The summed E-state index contributed by atoms with van der Waals surface area (Å²) in [6.07, 6.45) is 0.822. The fourth-order valence-electron chi connectivity index (χ4n) is 1.97. The van der Waals surface area contributed by atoms with Crippen LogP contribution >= 0.6 is 0 Å². The van der Waals surface area contributed by atoms with Gasteiger partial charge in [0, 0.05) is 30.1 Å². The molecular formula is C14H23N3O3. The number of nitrogens with zero attached hydrogens (tertiary/aromatic N) is 1. The van der Waals surface area contributed by atoms with E-state index in [1.165, 1.54) is 0 Å². The molecule has 0 bridgehead atoms. The van der Waals surface area contributed by atoms with Crippen molar-refractivity contribution in [2.24, 2.45) is 5.41 Å². The van der Waals surface area contributed by atoms with Gasteiger partial charge >= 0.3 is 5.69 Å². The number of H-pyrrole nitrogens is 1. The molecule has 0 aliphatic carbocycles. The van der Waals surface area contributed by atoms with Crippen LogP contribution in [0.2, 0.25) is 0 Å². The SMILES string of the molecule is Cc1nc(=O)[nH]c(C)c1CC(=O)NCC(C)(C)CCO. The quantitative estimate of drug-likeness (QED) is 0.705. The van der Waals surface area contributed by atoms with Crippen molar-refractivity contribution in [2.45, 2.75) is 40.5 Å². The third-order valence-electron chi connectivity index (χ3n) is 3.34. The lowest BCUT2D eigenvalue weighted by Gasteiger charge is -2.24. The molecule has 1 heterocycles. The molecule has 1 aromatic rings. The molecular weight excluding hydrogens is 258 g/mol. The van der Waals surface area contributed by atoms with Gasteiger partial charge in [-0.05, 0) is 25.7 Å². The van der Waals surface area contributed by atoms with Crippen molar-refractivity contribution in [3.05, 3.63) is 27.4 Å². The topological polar surface area (TPSA) is 95.1 Å². The van der Waals surface area contributed by atoms with Crippen molar-refractivity contribution < 1.29 is 9.90 Å². The molecule has 3 N–H and O–H groups in total. The largest absolute Gasteiger partial charge is 0.396 e. The van der Waals surface area contributed by atoms with Crippen molar-refractivity contribution in [3.8, 4) is 0 Å². The summed E-state index contributed by atoms with van der Waals surface area (Å²) in [4.78, 5) is 29.5. The Hall–Kier alpha value is -1.69. The van der Waals surface area contributed by atoms with Crippen LogP contribution in [0.3, 0.4) is 0 Å². The van der Waals surface area contributed by atoms with Gasteiger partial charge in [0.1, 0.15) is 0 Å². The van der Waals surface area contributed by atoms with Crippen LogP contribution in [0.15, 0.2) is 4.79 Å². The van der Waals surface area contributed by atoms with E-state index in [-0.39, 0.29) is 24.3 Å². The molecule has 6 nitrogen and oxygen atoms in total. The number of aliphatic hydroxyl groups excluding tert-OH is 1. The lowest BCUT2D eigenvalue weighted by Crippen LogP contribution is -2.35. The Morgan fingerprint density at radius 2 is 2.05 bits per heavy atom. The zero-order valence-electron chi connectivity index (χ0n) is 12.5. The first kappa shape index (κ1) is 16.4. The van der Waals surface area contributed by atoms with Crippen molar-refractivity contribution in [2.75, 3.05) is 13.2 Å². The average molecular weight is 281 g/mol. The van der Waals surface area contributed by atoms with E-state index >= 15 is 0 Å². The van der Waals surface area contributed by atoms with E-state index in [4.69, 9.17) is 5.11 Å². The highest BCUT2D eigenvalue weighted by atomic mass is 16.3. The molecule has 0 atom stereocenters. The maximum Gasteiger partial charge on any atom is 0.345 e. The second-order valence-corrected chi connectivity index (χ2v) is 5.82. The second-order valence-electron chi connectivity index (χ2n) is 5.82. The highest BCUT2D eigenvalue weighted by Crippen LogP contribution is 2.18. The van der Waals surface area contributed by atoms with Crippen LogP contribution in [-0.4, -0.2) is 34.1 Å². The molecule has 0 aliphatic heterocycles. The van der Waals surface area contributed by atoms with Crippen LogP contribution < -0.4 is 11.0 Å². The Balaban J connectivity index is 2.66. The standard InChI is InChI=1S/C14H23N3O3/c1-9-11(10(2)17-13(20)16-9)7-12(19)15-8-14(3,4)5-6-18/h18H,5-8H2,1-4H3,(H,15,19)(H,16,17,20). The maximum atomic E-state index is 12.0. The summed E-state index contributed by atoms with van der Waals surface area (Å²) in [5, 5.41) is 11.8. The highest BCUT2D eigenvalue weighted by Gasteiger charge is 2.19. The zero-order valence-corrected chi connectivity index (χ0v) is 12.5. The van der Waals surface area contributed by atoms with Gasteiger partial charge in [-0.1, -0.05) is 13.8 Å². The fourth-order valence-corrected chi connectivity index (χ4v) is 1.97. The minimum atomic E-state index is -0.395. The summed E-state index contributed by atoms with van der Waals surface area (Å²) in [6, 6.07) is 0. The molecule has 20 heavy (non-hydrogen) atoms. The molecule has 0 saturated carbocycles. The number of amides is 1. The summed E-state index contributed by atoms with van der Waals surface area (Å²) in [7, 11) is 0. The molecule has 6 heteroatoms. The van der Waals surface area contributed by atoms with Crippen LogP contribution in [0, 0.1) is 19.3 Å². The third-order valence-corrected chi connectivity index (χ3v) is 3.34. The first-order valence-corrected chi connectivity index (χ1v) is 6.69. The van der Waals surface area contributed by atoms with Crippen LogP contribution in [-0.2, 0) is 11.2 Å². The van der Waals surface area contributed by atoms with Gasteiger partial charge in [0.15, 0.2) is 0 Å². The van der Waals surface area contributed by atoms with Crippen LogP contribution in [0.1, 0.15) is 37.2 Å². The lowest BCUT2D eigenvalue weighted by atomic mass is 9.89. The molecule has 1 rings (SSSR count). The first-order valence-electron chi connectivity index (χ1n) is 6.69. The lowest BCUT2D eigenvalue weighted by molar-refractivity contribution is -0.121. The number of hydrogen-bond acceptors (Lipinski definition) is 4. The second kappa shape index (κ2) is 6.65. The normalized spacial score (nSPS) is 11.4. The van der Waals surface area contributed by atoms with Crippen LogP contribution in [0.4, 0.5) is 0 Å². The molecule has 0 radical (unpaired) electrons. The summed E-state index contributed by atoms with van der Waals surface area (Å²) in [5.74, 6) is -0.115. The van der Waals surface area contributed by atoms with E-state index in [2.05, 4.69) is 15.3 Å². The highest BCUT2D eigenvalue weighted by molar-refractivity contribution is 5.79. The molecule has 0 aromatic carbocycles. The van der Waals surface area contributed by atoms with Gasteiger partial charge in [0.2, 0.25) is 5.91 Å². The number of rotatable bonds is 6. The Morgan fingerprint density at radius 3 is 2.60 bits per heavy atom. The molecule has 0 fully saturated rings. The molecule has 1 aromatic heterocycles. The summed E-state index contributed by atoms with van der Waals surface area (Å²) >= 11 is 0. The van der Waals surface area contributed by atoms with E-state index in [9.17, 15) is 9.59 Å². The maximum absolute atomic E-state index is 12.0. The van der Waals surface area contributed by atoms with E-state index < -0.39 is 5.69 Å². The third kappa shape index (κ3) is 4.77. The smallest absolute Gasteiger partial charge is 0.345 e. The summed E-state index contributed by atoms with van der Waals surface area (Å²) < 4.78 is 0. The van der Waals surface area contributed by atoms with Gasteiger partial charge in [-0.3, -0.25) is 4.79 Å². The van der Waals surface area contributed by atoms with Gasteiger partial charge in [0.05, 0.1) is 6.42 Å². The molecule has 0 unspecified atom stereocenters. The Labute approximate surface area is 118 Å². The number of aromatic amines is 1. The van der Waals surface area contributed by atoms with Crippen molar-refractivity contribution in [3.63, 3.8) is 0 Å². The molecule has 112 valence electrons.